The first-order chi connectivity index (χ1) is 26.2. The van der Waals surface area contributed by atoms with Crippen LogP contribution in [0.25, 0.3) is 21.8 Å². The van der Waals surface area contributed by atoms with Gasteiger partial charge >= 0.3 is 6.09 Å². The Bertz CT molecular complexity index is 2280. The number of thiazole rings is 1. The van der Waals surface area contributed by atoms with Gasteiger partial charge in [0.05, 0.1) is 21.3 Å². The van der Waals surface area contributed by atoms with Crippen molar-refractivity contribution in [3.05, 3.63) is 137 Å². The van der Waals surface area contributed by atoms with Crippen LogP contribution in [0.5, 0.6) is 5.75 Å². The molecule has 0 bridgehead atoms. The van der Waals surface area contributed by atoms with Gasteiger partial charge in [-0.05, 0) is 55.0 Å². The van der Waals surface area contributed by atoms with Gasteiger partial charge in [0.2, 0.25) is 5.95 Å². The van der Waals surface area contributed by atoms with E-state index in [9.17, 15) is 18.4 Å². The predicted molar refractivity (Wildman–Crippen MR) is 199 cm³/mol. The van der Waals surface area contributed by atoms with E-state index in [0.717, 1.165) is 22.7 Å². The quantitative estimate of drug-likeness (QED) is 0.142. The minimum absolute atomic E-state index is 0.0996. The molecule has 0 aliphatic carbocycles. The first-order valence-corrected chi connectivity index (χ1v) is 17.9. The number of nitrogens with one attached hydrogen (secondary N) is 2. The third kappa shape index (κ3) is 8.50. The number of hydrogen-bond acceptors (Lipinski definition) is 9. The second-order valence-electron chi connectivity index (χ2n) is 12.4. The van der Waals surface area contributed by atoms with Crippen molar-refractivity contribution < 1.29 is 32.2 Å². The molecule has 2 amide bonds. The minimum Gasteiger partial charge on any atom is -0.487 e. The smallest absolute Gasteiger partial charge is 0.410 e. The Balaban J connectivity index is 0.983. The molecule has 1 aliphatic heterocycles. The lowest BCUT2D eigenvalue weighted by Gasteiger charge is -2.31. The van der Waals surface area contributed by atoms with Gasteiger partial charge in [0, 0.05) is 55.1 Å². The second-order valence-corrected chi connectivity index (χ2v) is 13.6. The van der Waals surface area contributed by atoms with Gasteiger partial charge in [0.15, 0.2) is 11.6 Å². The van der Waals surface area contributed by atoms with Crippen molar-refractivity contribution in [3.63, 3.8) is 0 Å². The summed E-state index contributed by atoms with van der Waals surface area (Å²) in [7, 11) is 0. The van der Waals surface area contributed by atoms with Gasteiger partial charge in [-0.15, -0.1) is 11.3 Å². The number of benzene rings is 4. The molecule has 1 aliphatic rings. The highest BCUT2D eigenvalue weighted by Crippen LogP contribution is 2.37. The number of ether oxygens (including phenoxy) is 2. The number of piperidine rings is 1. The van der Waals surface area contributed by atoms with Gasteiger partial charge in [0.1, 0.15) is 29.9 Å². The predicted octanol–water partition coefficient (Wildman–Crippen LogP) is 9.17. The van der Waals surface area contributed by atoms with E-state index >= 15 is 4.39 Å². The number of carbonyl (C=O) groups excluding carboxylic acids is 2. The van der Waals surface area contributed by atoms with E-state index in [2.05, 4.69) is 20.6 Å². The Labute approximate surface area is 312 Å². The summed E-state index contributed by atoms with van der Waals surface area (Å²) in [5.41, 5.74) is 2.73. The van der Waals surface area contributed by atoms with E-state index in [4.69, 9.17) is 14.5 Å². The zero-order chi connectivity index (χ0) is 37.6. The van der Waals surface area contributed by atoms with Crippen LogP contribution in [0.2, 0.25) is 0 Å². The third-order valence-corrected chi connectivity index (χ3v) is 9.59. The van der Waals surface area contributed by atoms with Crippen molar-refractivity contribution in [2.45, 2.75) is 32.5 Å². The van der Waals surface area contributed by atoms with Crippen molar-refractivity contribution >= 4 is 40.7 Å². The standard InChI is InChI=1S/C40H33F3N6O4S/c1-24-45-36(26-9-5-10-27(21-26)46-38(50)35-30(41)11-6-12-31(35)42)37(54-24)33-15-18-44-39(48-33)47-28-13-14-34(32(43)22-28)53-29-16-19-49(20-17-29)40(51)52-23-25-7-3-2-4-8-25/h2-15,18,21-22,29H,16-17,19-20,23H2,1H3,(H,46,50)(H,44,47,48). The van der Waals surface area contributed by atoms with Crippen molar-refractivity contribution in [2.24, 2.45) is 0 Å². The molecule has 10 nitrogen and oxygen atoms in total. The molecule has 0 atom stereocenters. The molecular weight excluding hydrogens is 718 g/mol. The van der Waals surface area contributed by atoms with Gasteiger partial charge in [-0.1, -0.05) is 48.5 Å². The number of aromatic nitrogens is 3. The summed E-state index contributed by atoms with van der Waals surface area (Å²) in [5.74, 6) is -3.09. The Morgan fingerprint density at radius 3 is 2.37 bits per heavy atom. The molecule has 6 aromatic rings. The van der Waals surface area contributed by atoms with Crippen molar-refractivity contribution in [2.75, 3.05) is 23.7 Å². The Kier molecular flexibility index (Phi) is 10.8. The average Bonchev–Trinajstić information content (AvgIpc) is 3.57. The number of amides is 2. The fraction of sp³-hybridized carbons (Fsp3) is 0.175. The third-order valence-electron chi connectivity index (χ3n) is 8.59. The Hall–Kier alpha value is -6.28. The molecule has 0 unspecified atom stereocenters. The van der Waals surface area contributed by atoms with Crippen molar-refractivity contribution in [1.29, 1.82) is 0 Å². The number of nitrogens with zero attached hydrogens (tertiary/aromatic N) is 4. The molecule has 1 saturated heterocycles. The van der Waals surface area contributed by atoms with Crippen LogP contribution in [0.1, 0.15) is 33.8 Å². The number of anilines is 3. The van der Waals surface area contributed by atoms with Crippen LogP contribution in [0, 0.1) is 24.4 Å². The lowest BCUT2D eigenvalue weighted by Crippen LogP contribution is -2.42. The maximum Gasteiger partial charge on any atom is 0.410 e. The average molecular weight is 751 g/mol. The number of likely N-dealkylation sites (tertiary alicyclic amines) is 1. The Morgan fingerprint density at radius 2 is 1.61 bits per heavy atom. The van der Waals surface area contributed by atoms with Crippen molar-refractivity contribution in [3.8, 4) is 27.6 Å². The first-order valence-electron chi connectivity index (χ1n) is 17.1. The second kappa shape index (κ2) is 16.2. The van der Waals surface area contributed by atoms with E-state index in [-0.39, 0.29) is 30.5 Å². The molecule has 2 aromatic heterocycles. The van der Waals surface area contributed by atoms with Gasteiger partial charge in [-0.25, -0.2) is 32.9 Å². The molecule has 4 aromatic carbocycles. The van der Waals surface area contributed by atoms with E-state index < -0.39 is 28.9 Å². The molecule has 14 heteroatoms. The summed E-state index contributed by atoms with van der Waals surface area (Å²) in [6.07, 6.45) is 1.99. The van der Waals surface area contributed by atoms with E-state index in [1.807, 2.05) is 37.3 Å². The highest BCUT2D eigenvalue weighted by atomic mass is 32.1. The summed E-state index contributed by atoms with van der Waals surface area (Å²) < 4.78 is 55.1. The largest absolute Gasteiger partial charge is 0.487 e. The summed E-state index contributed by atoms with van der Waals surface area (Å²) in [4.78, 5) is 41.3. The van der Waals surface area contributed by atoms with Crippen LogP contribution < -0.4 is 15.4 Å². The number of rotatable bonds is 10. The number of halogens is 3. The lowest BCUT2D eigenvalue weighted by atomic mass is 10.1. The molecule has 7 rings (SSSR count). The summed E-state index contributed by atoms with van der Waals surface area (Å²) in [6.45, 7) is 2.92. The fourth-order valence-corrected chi connectivity index (χ4v) is 6.85. The first kappa shape index (κ1) is 36.1. The zero-order valence-corrected chi connectivity index (χ0v) is 29.7. The van der Waals surface area contributed by atoms with Crippen LogP contribution >= 0.6 is 11.3 Å². The molecule has 0 saturated carbocycles. The van der Waals surface area contributed by atoms with Crippen LogP contribution in [-0.2, 0) is 11.3 Å². The normalized spacial score (nSPS) is 13.0. The summed E-state index contributed by atoms with van der Waals surface area (Å²) in [6, 6.07) is 25.7. The lowest BCUT2D eigenvalue weighted by molar-refractivity contribution is 0.0626. The molecule has 2 N–H and O–H groups in total. The van der Waals surface area contributed by atoms with Crippen LogP contribution in [0.3, 0.4) is 0 Å². The van der Waals surface area contributed by atoms with E-state index in [1.165, 1.54) is 23.5 Å². The molecule has 0 spiro atoms. The highest BCUT2D eigenvalue weighted by molar-refractivity contribution is 7.15. The number of carbonyl (C=O) groups is 2. The molecule has 0 radical (unpaired) electrons. The molecule has 1 fully saturated rings. The maximum atomic E-state index is 15.2. The van der Waals surface area contributed by atoms with Crippen molar-refractivity contribution in [1.82, 2.24) is 19.9 Å². The topological polar surface area (TPSA) is 119 Å². The molecule has 54 heavy (non-hydrogen) atoms. The summed E-state index contributed by atoms with van der Waals surface area (Å²) >= 11 is 1.40. The monoisotopic (exact) mass is 750 g/mol. The van der Waals surface area contributed by atoms with Crippen LogP contribution in [0.15, 0.2) is 103 Å². The highest BCUT2D eigenvalue weighted by Gasteiger charge is 2.26. The number of aryl methyl sites for hydroxylation is 1. The Morgan fingerprint density at radius 1 is 0.852 bits per heavy atom. The minimum atomic E-state index is -0.964. The number of hydrogen-bond donors (Lipinski definition) is 2. The van der Waals surface area contributed by atoms with Gasteiger partial charge < -0.3 is 25.0 Å². The van der Waals surface area contributed by atoms with E-state index in [0.29, 0.717) is 59.1 Å². The SMILES string of the molecule is Cc1nc(-c2cccc(NC(=O)c3c(F)cccc3F)c2)c(-c2ccnc(Nc3ccc(OC4CCN(C(=O)OCc5ccccc5)CC4)c(F)c3)n2)s1. The zero-order valence-electron chi connectivity index (χ0n) is 28.9. The fourth-order valence-electron chi connectivity index (χ4n) is 5.94. The molecule has 274 valence electrons. The van der Waals surface area contributed by atoms with Crippen LogP contribution in [0.4, 0.5) is 35.3 Å². The van der Waals surface area contributed by atoms with E-state index in [1.54, 1.807) is 53.6 Å². The van der Waals surface area contributed by atoms with Gasteiger partial charge in [-0.2, -0.15) is 0 Å². The maximum absolute atomic E-state index is 15.2. The summed E-state index contributed by atoms with van der Waals surface area (Å²) in [5, 5.41) is 6.36. The van der Waals surface area contributed by atoms with Gasteiger partial charge in [-0.3, -0.25) is 4.79 Å². The van der Waals surface area contributed by atoms with Crippen LogP contribution in [-0.4, -0.2) is 51.0 Å². The molecular formula is C40H33F3N6O4S. The molecule has 3 heterocycles. The van der Waals surface area contributed by atoms with Gasteiger partial charge in [0.25, 0.3) is 5.91 Å².